The molecule has 3 rings (SSSR count). The Morgan fingerprint density at radius 3 is 2.62 bits per heavy atom. The van der Waals surface area contributed by atoms with E-state index in [1.165, 1.54) is 19.3 Å². The number of benzene rings is 1. The average Bonchev–Trinajstić information content (AvgIpc) is 2.95. The van der Waals surface area contributed by atoms with Gasteiger partial charge in [-0.25, -0.2) is 4.68 Å². The fourth-order valence-electron chi connectivity index (χ4n) is 3.40. The molecule has 2 aromatic rings. The van der Waals surface area contributed by atoms with E-state index >= 15 is 0 Å². The number of carbonyl (C=O) groups excluding carboxylic acids is 1. The highest BCUT2D eigenvalue weighted by atomic mass is 35.5. The number of halogens is 1. The summed E-state index contributed by atoms with van der Waals surface area (Å²) in [6.07, 6.45) is 3.82. The lowest BCUT2D eigenvalue weighted by Crippen LogP contribution is -2.33. The highest BCUT2D eigenvalue weighted by Gasteiger charge is 2.21. The van der Waals surface area contributed by atoms with Crippen LogP contribution in [0.15, 0.2) is 18.2 Å². The number of ketones is 1. The predicted octanol–water partition coefficient (Wildman–Crippen LogP) is 4.21. The fraction of sp³-hybridized carbons (Fsp3) is 0.500. The molecule has 0 atom stereocenters. The highest BCUT2D eigenvalue weighted by Crippen LogP contribution is 2.27. The lowest BCUT2D eigenvalue weighted by atomic mass is 10.1. The number of carbonyl (C=O) groups is 1. The van der Waals surface area contributed by atoms with E-state index in [1.807, 2.05) is 32.0 Å². The Labute approximate surface area is 159 Å². The van der Waals surface area contributed by atoms with Crippen LogP contribution in [0.25, 0.3) is 5.69 Å². The van der Waals surface area contributed by atoms with Crippen molar-refractivity contribution >= 4 is 17.4 Å². The predicted molar refractivity (Wildman–Crippen MR) is 104 cm³/mol. The molecular formula is C20H26ClN3O2. The second-order valence-electron chi connectivity index (χ2n) is 6.92. The van der Waals surface area contributed by atoms with Gasteiger partial charge in [-0.1, -0.05) is 24.1 Å². The van der Waals surface area contributed by atoms with Crippen molar-refractivity contribution in [1.29, 1.82) is 0 Å². The van der Waals surface area contributed by atoms with Gasteiger partial charge in [0.05, 0.1) is 11.4 Å². The zero-order valence-corrected chi connectivity index (χ0v) is 16.5. The molecule has 1 aromatic carbocycles. The molecule has 0 spiro atoms. The van der Waals surface area contributed by atoms with E-state index in [-0.39, 0.29) is 5.78 Å². The zero-order chi connectivity index (χ0) is 18.7. The normalized spacial score (nSPS) is 15.2. The number of aryl methyl sites for hydroxylation is 1. The number of piperidine rings is 1. The molecule has 0 saturated carbocycles. The van der Waals surface area contributed by atoms with E-state index in [1.54, 1.807) is 11.6 Å². The Bertz CT molecular complexity index is 795. The van der Waals surface area contributed by atoms with Gasteiger partial charge in [0.15, 0.2) is 5.78 Å². The van der Waals surface area contributed by atoms with Crippen LogP contribution >= 0.6 is 11.6 Å². The van der Waals surface area contributed by atoms with Crippen molar-refractivity contribution in [3.05, 3.63) is 40.0 Å². The van der Waals surface area contributed by atoms with E-state index in [0.717, 1.165) is 36.6 Å². The third-order valence-corrected chi connectivity index (χ3v) is 5.34. The second kappa shape index (κ2) is 8.23. The molecule has 2 heterocycles. The molecule has 5 nitrogen and oxygen atoms in total. The van der Waals surface area contributed by atoms with Gasteiger partial charge in [-0.2, -0.15) is 0 Å². The number of rotatable bonds is 6. The highest BCUT2D eigenvalue weighted by molar-refractivity contribution is 6.31. The molecule has 140 valence electrons. The summed E-state index contributed by atoms with van der Waals surface area (Å²) in [6.45, 7) is 9.03. The maximum atomic E-state index is 12.1. The van der Waals surface area contributed by atoms with Crippen LogP contribution in [-0.2, 0) is 0 Å². The molecule has 1 aliphatic heterocycles. The third kappa shape index (κ3) is 4.10. The maximum Gasteiger partial charge on any atom is 0.244 e. The molecule has 0 unspecified atom stereocenters. The van der Waals surface area contributed by atoms with Crippen molar-refractivity contribution in [3.8, 4) is 11.6 Å². The standard InChI is InChI=1S/C20H26ClN3O2/c1-14-7-8-17(13-18(14)21)24-15(2)19(16(3)25)20(22-24)26-12-11-23-9-5-4-6-10-23/h7-8,13H,4-6,9-12H2,1-3H3. The molecule has 1 saturated heterocycles. The van der Waals surface area contributed by atoms with Crippen LogP contribution in [-0.4, -0.2) is 46.7 Å². The minimum absolute atomic E-state index is 0.0417. The summed E-state index contributed by atoms with van der Waals surface area (Å²) >= 11 is 6.25. The summed E-state index contributed by atoms with van der Waals surface area (Å²) in [5.74, 6) is 0.364. The monoisotopic (exact) mass is 375 g/mol. The molecule has 26 heavy (non-hydrogen) atoms. The summed E-state index contributed by atoms with van der Waals surface area (Å²) in [6, 6.07) is 5.75. The SMILES string of the molecule is CC(=O)c1c(OCCN2CCCCC2)nn(-c2ccc(C)c(Cl)c2)c1C. The first kappa shape index (κ1) is 18.9. The van der Waals surface area contributed by atoms with Crippen LogP contribution in [0.2, 0.25) is 5.02 Å². The number of hydrogen-bond donors (Lipinski definition) is 0. The molecule has 1 aromatic heterocycles. The van der Waals surface area contributed by atoms with Crippen LogP contribution < -0.4 is 4.74 Å². The molecule has 1 fully saturated rings. The van der Waals surface area contributed by atoms with Crippen molar-refractivity contribution in [2.24, 2.45) is 0 Å². The van der Waals surface area contributed by atoms with Crippen LogP contribution in [0.5, 0.6) is 5.88 Å². The zero-order valence-electron chi connectivity index (χ0n) is 15.7. The summed E-state index contributed by atoms with van der Waals surface area (Å²) in [4.78, 5) is 14.6. The Balaban J connectivity index is 1.80. The Morgan fingerprint density at radius 1 is 1.23 bits per heavy atom. The number of hydrogen-bond acceptors (Lipinski definition) is 4. The Morgan fingerprint density at radius 2 is 1.96 bits per heavy atom. The largest absolute Gasteiger partial charge is 0.475 e. The van der Waals surface area contributed by atoms with Crippen molar-refractivity contribution in [2.45, 2.75) is 40.0 Å². The number of Topliss-reactive ketones (excluding diaryl/α,β-unsaturated/α-hetero) is 1. The summed E-state index contributed by atoms with van der Waals surface area (Å²) < 4.78 is 7.65. The van der Waals surface area contributed by atoms with Gasteiger partial charge < -0.3 is 4.74 Å². The second-order valence-corrected chi connectivity index (χ2v) is 7.33. The van der Waals surface area contributed by atoms with Gasteiger partial charge in [-0.15, -0.1) is 5.10 Å². The first-order valence-electron chi connectivity index (χ1n) is 9.19. The van der Waals surface area contributed by atoms with Crippen LogP contribution in [0, 0.1) is 13.8 Å². The topological polar surface area (TPSA) is 47.4 Å². The number of ether oxygens (including phenoxy) is 1. The van der Waals surface area contributed by atoms with Crippen molar-refractivity contribution < 1.29 is 9.53 Å². The van der Waals surface area contributed by atoms with Crippen molar-refractivity contribution in [3.63, 3.8) is 0 Å². The lowest BCUT2D eigenvalue weighted by molar-refractivity contribution is 0.101. The van der Waals surface area contributed by atoms with E-state index in [4.69, 9.17) is 16.3 Å². The summed E-state index contributed by atoms with van der Waals surface area (Å²) in [5.41, 5.74) is 3.14. The third-order valence-electron chi connectivity index (χ3n) is 4.93. The minimum Gasteiger partial charge on any atom is -0.475 e. The molecule has 1 aliphatic rings. The van der Waals surface area contributed by atoms with Gasteiger partial charge >= 0.3 is 0 Å². The van der Waals surface area contributed by atoms with E-state index in [0.29, 0.717) is 23.1 Å². The quantitative estimate of drug-likeness (QED) is 0.709. The van der Waals surface area contributed by atoms with Gasteiger partial charge in [0.2, 0.25) is 5.88 Å². The fourth-order valence-corrected chi connectivity index (χ4v) is 3.58. The molecule has 0 radical (unpaired) electrons. The van der Waals surface area contributed by atoms with Crippen LogP contribution in [0.4, 0.5) is 0 Å². The smallest absolute Gasteiger partial charge is 0.244 e. The number of likely N-dealkylation sites (tertiary alicyclic amines) is 1. The van der Waals surface area contributed by atoms with Gasteiger partial charge in [0.1, 0.15) is 12.2 Å². The van der Waals surface area contributed by atoms with E-state index < -0.39 is 0 Å². The van der Waals surface area contributed by atoms with Crippen LogP contribution in [0.1, 0.15) is 47.8 Å². The summed E-state index contributed by atoms with van der Waals surface area (Å²) in [5, 5.41) is 5.23. The summed E-state index contributed by atoms with van der Waals surface area (Å²) in [7, 11) is 0. The molecule has 0 aliphatic carbocycles. The van der Waals surface area contributed by atoms with Gasteiger partial charge in [0, 0.05) is 11.6 Å². The Kier molecular flexibility index (Phi) is 5.99. The Hall–Kier alpha value is -1.85. The van der Waals surface area contributed by atoms with E-state index in [9.17, 15) is 4.79 Å². The molecular weight excluding hydrogens is 350 g/mol. The number of nitrogens with zero attached hydrogens (tertiary/aromatic N) is 3. The molecule has 0 N–H and O–H groups in total. The molecule has 0 bridgehead atoms. The molecule has 0 amide bonds. The van der Waals surface area contributed by atoms with Crippen molar-refractivity contribution in [2.75, 3.05) is 26.2 Å². The van der Waals surface area contributed by atoms with E-state index in [2.05, 4.69) is 10.00 Å². The van der Waals surface area contributed by atoms with Gasteiger partial charge in [0.25, 0.3) is 0 Å². The lowest BCUT2D eigenvalue weighted by Gasteiger charge is -2.25. The number of aromatic nitrogens is 2. The molecule has 6 heteroatoms. The van der Waals surface area contributed by atoms with Gasteiger partial charge in [-0.3, -0.25) is 9.69 Å². The van der Waals surface area contributed by atoms with Gasteiger partial charge in [-0.05, 0) is 64.4 Å². The van der Waals surface area contributed by atoms with Crippen molar-refractivity contribution in [1.82, 2.24) is 14.7 Å². The first-order chi connectivity index (χ1) is 12.5. The maximum absolute atomic E-state index is 12.1. The minimum atomic E-state index is -0.0417. The van der Waals surface area contributed by atoms with Crippen LogP contribution in [0.3, 0.4) is 0 Å². The average molecular weight is 376 g/mol. The first-order valence-corrected chi connectivity index (χ1v) is 9.57.